The first kappa shape index (κ1) is 12.0. The van der Waals surface area contributed by atoms with Crippen molar-refractivity contribution in [3.63, 3.8) is 0 Å². The molecule has 0 N–H and O–H groups in total. The first-order chi connectivity index (χ1) is 7.60. The summed E-state index contributed by atoms with van der Waals surface area (Å²) in [7, 11) is 0. The third kappa shape index (κ3) is 2.51. The highest BCUT2D eigenvalue weighted by molar-refractivity contribution is 5.80. The molecule has 0 amide bonds. The maximum Gasteiger partial charge on any atom is 0.331 e. The number of carbonyl (C=O) groups excluding carboxylic acids is 1. The Morgan fingerprint density at radius 1 is 1.44 bits per heavy atom. The lowest BCUT2D eigenvalue weighted by atomic mass is 10.1. The molecule has 1 atom stereocenters. The average molecular weight is 220 g/mol. The van der Waals surface area contributed by atoms with Gasteiger partial charge in [0, 0.05) is 0 Å². The summed E-state index contributed by atoms with van der Waals surface area (Å²) < 4.78 is 4.75. The Labute approximate surface area is 93.3 Å². The minimum atomic E-state index is -1.10. The van der Waals surface area contributed by atoms with Gasteiger partial charge in [0.2, 0.25) is 5.92 Å². The first-order valence-corrected chi connectivity index (χ1v) is 4.84. The number of carbonyl (C=O) groups is 1. The van der Waals surface area contributed by atoms with Gasteiger partial charge in [-0.1, -0.05) is 0 Å². The van der Waals surface area contributed by atoms with E-state index in [0.29, 0.717) is 11.4 Å². The van der Waals surface area contributed by atoms with Gasteiger partial charge >= 0.3 is 5.97 Å². The molecule has 84 valence electrons. The van der Waals surface area contributed by atoms with Crippen molar-refractivity contribution in [2.45, 2.75) is 26.7 Å². The fourth-order valence-electron chi connectivity index (χ4n) is 1.04. The molecule has 0 aromatic carbocycles. The van der Waals surface area contributed by atoms with E-state index in [-0.39, 0.29) is 12.4 Å². The van der Waals surface area contributed by atoms with E-state index in [1.807, 2.05) is 6.07 Å². The number of ether oxygens (including phenoxy) is 1. The summed E-state index contributed by atoms with van der Waals surface area (Å²) >= 11 is 0. The zero-order valence-electron chi connectivity index (χ0n) is 9.39. The van der Waals surface area contributed by atoms with E-state index >= 15 is 0 Å². The Hall–Kier alpha value is -2.03. The molecule has 6 heteroatoms. The Morgan fingerprint density at radius 3 is 2.62 bits per heavy atom. The fourth-order valence-corrected chi connectivity index (χ4v) is 1.04. The molecule has 1 unspecified atom stereocenters. The van der Waals surface area contributed by atoms with E-state index in [0.717, 1.165) is 0 Å². The quantitative estimate of drug-likeness (QED) is 0.695. The minimum Gasteiger partial charge on any atom is -0.465 e. The van der Waals surface area contributed by atoms with Crippen molar-refractivity contribution in [2.75, 3.05) is 6.61 Å². The van der Waals surface area contributed by atoms with Crippen LogP contribution < -0.4 is 0 Å². The van der Waals surface area contributed by atoms with Gasteiger partial charge in [-0.3, -0.25) is 4.79 Å². The van der Waals surface area contributed by atoms with Crippen molar-refractivity contribution in [1.82, 2.24) is 15.2 Å². The van der Waals surface area contributed by atoms with Crippen LogP contribution in [0, 0.1) is 25.2 Å². The minimum absolute atomic E-state index is 0.0871. The molecule has 0 aliphatic rings. The third-order valence-electron chi connectivity index (χ3n) is 2.02. The second-order valence-corrected chi connectivity index (χ2v) is 3.15. The molecule has 0 saturated carbocycles. The van der Waals surface area contributed by atoms with Gasteiger partial charge in [-0.05, 0) is 20.8 Å². The Kier molecular flexibility index (Phi) is 3.89. The number of nitrogens with zero attached hydrogens (tertiary/aromatic N) is 4. The van der Waals surface area contributed by atoms with Crippen molar-refractivity contribution in [1.29, 1.82) is 5.26 Å². The monoisotopic (exact) mass is 220 g/mol. The summed E-state index contributed by atoms with van der Waals surface area (Å²) in [5.41, 5.74) is 1.32. The number of aromatic nitrogens is 3. The first-order valence-electron chi connectivity index (χ1n) is 4.84. The predicted molar refractivity (Wildman–Crippen MR) is 54.3 cm³/mol. The van der Waals surface area contributed by atoms with Crippen LogP contribution in [0.4, 0.5) is 0 Å². The highest BCUT2D eigenvalue weighted by atomic mass is 16.5. The Balaban J connectivity index is 3.01. The molecule has 16 heavy (non-hydrogen) atoms. The van der Waals surface area contributed by atoms with Crippen molar-refractivity contribution in [2.24, 2.45) is 0 Å². The number of nitriles is 1. The summed E-state index contributed by atoms with van der Waals surface area (Å²) in [6.45, 7) is 5.39. The number of aryl methyl sites for hydroxylation is 2. The normalized spacial score (nSPS) is 11.6. The predicted octanol–water partition coefficient (Wildman–Crippen LogP) is 0.659. The molecule has 0 fully saturated rings. The second kappa shape index (κ2) is 5.16. The van der Waals surface area contributed by atoms with Crippen LogP contribution in [0.5, 0.6) is 0 Å². The maximum atomic E-state index is 11.4. The topological polar surface area (TPSA) is 88.8 Å². The molecule has 0 aliphatic carbocycles. The van der Waals surface area contributed by atoms with Crippen molar-refractivity contribution >= 4 is 5.97 Å². The van der Waals surface area contributed by atoms with Crippen molar-refractivity contribution < 1.29 is 9.53 Å². The van der Waals surface area contributed by atoms with Gasteiger partial charge in [-0.15, -0.1) is 5.10 Å². The number of esters is 1. The summed E-state index contributed by atoms with van der Waals surface area (Å²) in [6, 6.07) is 1.81. The highest BCUT2D eigenvalue weighted by Crippen LogP contribution is 2.12. The summed E-state index contributed by atoms with van der Waals surface area (Å²) in [4.78, 5) is 15.5. The highest BCUT2D eigenvalue weighted by Gasteiger charge is 2.25. The fraction of sp³-hybridized carbons (Fsp3) is 0.500. The molecule has 6 nitrogen and oxygen atoms in total. The molecule has 1 aromatic rings. The summed E-state index contributed by atoms with van der Waals surface area (Å²) in [6.07, 6.45) is 0. The van der Waals surface area contributed by atoms with Gasteiger partial charge in [0.15, 0.2) is 5.82 Å². The molecule has 1 aromatic heterocycles. The van der Waals surface area contributed by atoms with Crippen LogP contribution in [0.3, 0.4) is 0 Å². The van der Waals surface area contributed by atoms with Crippen LogP contribution >= 0.6 is 0 Å². The summed E-state index contributed by atoms with van der Waals surface area (Å²) in [5, 5.41) is 16.4. The Morgan fingerprint density at radius 2 is 2.12 bits per heavy atom. The summed E-state index contributed by atoms with van der Waals surface area (Å²) in [5.74, 6) is -1.66. The van der Waals surface area contributed by atoms with E-state index in [1.165, 1.54) is 0 Å². The van der Waals surface area contributed by atoms with Gasteiger partial charge in [-0.2, -0.15) is 10.4 Å². The molecule has 1 heterocycles. The zero-order valence-corrected chi connectivity index (χ0v) is 9.39. The molecule has 0 saturated heterocycles. The lowest BCUT2D eigenvalue weighted by Gasteiger charge is -2.07. The van der Waals surface area contributed by atoms with Crippen LogP contribution in [-0.2, 0) is 9.53 Å². The molecule has 1 rings (SSSR count). The van der Waals surface area contributed by atoms with Gasteiger partial charge in [0.25, 0.3) is 0 Å². The van der Waals surface area contributed by atoms with Crippen LogP contribution in [0.15, 0.2) is 0 Å². The van der Waals surface area contributed by atoms with Crippen molar-refractivity contribution in [3.05, 3.63) is 17.2 Å². The van der Waals surface area contributed by atoms with Gasteiger partial charge in [-0.25, -0.2) is 4.98 Å². The largest absolute Gasteiger partial charge is 0.465 e. The van der Waals surface area contributed by atoms with Crippen molar-refractivity contribution in [3.8, 4) is 6.07 Å². The van der Waals surface area contributed by atoms with Crippen LogP contribution in [-0.4, -0.2) is 27.8 Å². The Bertz CT molecular complexity index is 439. The molecular formula is C10H12N4O2. The SMILES string of the molecule is CCOC(=O)C(C#N)c1nnc(C)c(C)n1. The van der Waals surface area contributed by atoms with Crippen LogP contribution in [0.25, 0.3) is 0 Å². The number of hydrogen-bond acceptors (Lipinski definition) is 6. The maximum absolute atomic E-state index is 11.4. The lowest BCUT2D eigenvalue weighted by molar-refractivity contribution is -0.143. The number of rotatable bonds is 3. The number of hydrogen-bond donors (Lipinski definition) is 0. The van der Waals surface area contributed by atoms with E-state index in [2.05, 4.69) is 15.2 Å². The molecule has 0 radical (unpaired) electrons. The zero-order chi connectivity index (χ0) is 12.1. The van der Waals surface area contributed by atoms with Crippen LogP contribution in [0.2, 0.25) is 0 Å². The van der Waals surface area contributed by atoms with E-state index in [9.17, 15) is 4.79 Å². The molecular weight excluding hydrogens is 208 g/mol. The van der Waals surface area contributed by atoms with Gasteiger partial charge < -0.3 is 4.74 Å². The molecule has 0 spiro atoms. The van der Waals surface area contributed by atoms with E-state index in [1.54, 1.807) is 20.8 Å². The van der Waals surface area contributed by atoms with Gasteiger partial charge in [0.1, 0.15) is 0 Å². The average Bonchev–Trinajstić information content (AvgIpc) is 2.25. The van der Waals surface area contributed by atoms with Crippen LogP contribution in [0.1, 0.15) is 30.1 Å². The second-order valence-electron chi connectivity index (χ2n) is 3.15. The third-order valence-corrected chi connectivity index (χ3v) is 2.02. The molecule has 0 bridgehead atoms. The standard InChI is InChI=1S/C10H12N4O2/c1-4-16-10(15)8(5-11)9-12-6(2)7(3)13-14-9/h8H,4H2,1-3H3. The smallest absolute Gasteiger partial charge is 0.331 e. The van der Waals surface area contributed by atoms with E-state index in [4.69, 9.17) is 10.00 Å². The lowest BCUT2D eigenvalue weighted by Crippen LogP contribution is -2.18. The van der Waals surface area contributed by atoms with E-state index < -0.39 is 11.9 Å². The van der Waals surface area contributed by atoms with Gasteiger partial charge in [0.05, 0.1) is 24.1 Å². The molecule has 0 aliphatic heterocycles.